The van der Waals surface area contributed by atoms with Gasteiger partial charge in [-0.25, -0.2) is 0 Å². The van der Waals surface area contributed by atoms with Gasteiger partial charge in [-0.2, -0.15) is 0 Å². The SMILES string of the molecule is COc1cccc(CNC(=O)C2CC(=O)N(c3cc(C)ccc3OC)C2)c1. The lowest BCUT2D eigenvalue weighted by Gasteiger charge is -2.20. The number of anilines is 1. The molecular formula is C21H24N2O4. The molecule has 1 N–H and O–H groups in total. The molecule has 2 aromatic rings. The fourth-order valence-electron chi connectivity index (χ4n) is 3.24. The molecule has 0 saturated carbocycles. The quantitative estimate of drug-likeness (QED) is 0.851. The minimum absolute atomic E-state index is 0.0690. The van der Waals surface area contributed by atoms with Crippen molar-refractivity contribution in [3.8, 4) is 11.5 Å². The Kier molecular flexibility index (Phi) is 5.64. The maximum atomic E-state index is 12.6. The summed E-state index contributed by atoms with van der Waals surface area (Å²) in [4.78, 5) is 26.7. The average molecular weight is 368 g/mol. The van der Waals surface area contributed by atoms with Crippen LogP contribution in [-0.4, -0.2) is 32.6 Å². The normalized spacial score (nSPS) is 16.3. The standard InChI is InChI=1S/C21H24N2O4/c1-14-7-8-19(27-3)18(9-14)23-13-16(11-20(23)24)21(25)22-12-15-5-4-6-17(10-15)26-2/h4-10,16H,11-13H2,1-3H3,(H,22,25). The van der Waals surface area contributed by atoms with Crippen molar-refractivity contribution in [2.45, 2.75) is 19.9 Å². The molecule has 142 valence electrons. The van der Waals surface area contributed by atoms with Crippen LogP contribution < -0.4 is 19.7 Å². The van der Waals surface area contributed by atoms with E-state index in [1.54, 1.807) is 19.1 Å². The highest BCUT2D eigenvalue weighted by Crippen LogP contribution is 2.34. The molecule has 2 aromatic carbocycles. The highest BCUT2D eigenvalue weighted by Gasteiger charge is 2.36. The van der Waals surface area contributed by atoms with E-state index < -0.39 is 0 Å². The predicted octanol–water partition coefficient (Wildman–Crippen LogP) is 2.68. The van der Waals surface area contributed by atoms with Gasteiger partial charge in [0.15, 0.2) is 0 Å². The molecule has 1 unspecified atom stereocenters. The monoisotopic (exact) mass is 368 g/mol. The third kappa shape index (κ3) is 4.22. The lowest BCUT2D eigenvalue weighted by Crippen LogP contribution is -2.32. The van der Waals surface area contributed by atoms with Gasteiger partial charge in [0, 0.05) is 19.5 Å². The summed E-state index contributed by atoms with van der Waals surface area (Å²) in [7, 11) is 3.18. The van der Waals surface area contributed by atoms with Crippen LogP contribution in [0.3, 0.4) is 0 Å². The number of nitrogens with zero attached hydrogens (tertiary/aromatic N) is 1. The van der Waals surface area contributed by atoms with Crippen LogP contribution in [0.5, 0.6) is 11.5 Å². The number of hydrogen-bond acceptors (Lipinski definition) is 4. The average Bonchev–Trinajstić information content (AvgIpc) is 3.07. The molecule has 1 heterocycles. The van der Waals surface area contributed by atoms with Crippen molar-refractivity contribution in [1.82, 2.24) is 5.32 Å². The Morgan fingerprint density at radius 3 is 2.74 bits per heavy atom. The van der Waals surface area contributed by atoms with Gasteiger partial charge in [-0.1, -0.05) is 18.2 Å². The number of aryl methyl sites for hydroxylation is 1. The maximum absolute atomic E-state index is 12.6. The first-order chi connectivity index (χ1) is 13.0. The maximum Gasteiger partial charge on any atom is 0.227 e. The van der Waals surface area contributed by atoms with Crippen LogP contribution in [0, 0.1) is 12.8 Å². The van der Waals surface area contributed by atoms with E-state index >= 15 is 0 Å². The Hall–Kier alpha value is -3.02. The summed E-state index contributed by atoms with van der Waals surface area (Å²) >= 11 is 0. The van der Waals surface area contributed by atoms with E-state index in [0.29, 0.717) is 24.5 Å². The third-order valence-corrected chi connectivity index (χ3v) is 4.72. The molecule has 3 rings (SSSR count). The Morgan fingerprint density at radius 1 is 1.19 bits per heavy atom. The highest BCUT2D eigenvalue weighted by atomic mass is 16.5. The second-order valence-electron chi connectivity index (χ2n) is 6.65. The van der Waals surface area contributed by atoms with Gasteiger partial charge in [0.2, 0.25) is 11.8 Å². The van der Waals surface area contributed by atoms with E-state index in [1.165, 1.54) is 0 Å². The number of carbonyl (C=O) groups is 2. The van der Waals surface area contributed by atoms with Gasteiger partial charge < -0.3 is 19.7 Å². The van der Waals surface area contributed by atoms with Crippen molar-refractivity contribution < 1.29 is 19.1 Å². The molecule has 1 atom stereocenters. The van der Waals surface area contributed by atoms with Crippen LogP contribution in [0.25, 0.3) is 0 Å². The van der Waals surface area contributed by atoms with Crippen LogP contribution >= 0.6 is 0 Å². The predicted molar refractivity (Wildman–Crippen MR) is 103 cm³/mol. The number of hydrogen-bond donors (Lipinski definition) is 1. The molecule has 0 spiro atoms. The zero-order valence-corrected chi connectivity index (χ0v) is 15.8. The van der Waals surface area contributed by atoms with Crippen LogP contribution in [0.15, 0.2) is 42.5 Å². The Bertz CT molecular complexity index is 850. The van der Waals surface area contributed by atoms with Crippen molar-refractivity contribution in [3.63, 3.8) is 0 Å². The van der Waals surface area contributed by atoms with Gasteiger partial charge in [-0.3, -0.25) is 9.59 Å². The van der Waals surface area contributed by atoms with Crippen LogP contribution in [0.1, 0.15) is 17.5 Å². The number of methoxy groups -OCH3 is 2. The Labute approximate surface area is 159 Å². The topological polar surface area (TPSA) is 67.9 Å². The van der Waals surface area contributed by atoms with Gasteiger partial charge in [-0.05, 0) is 42.3 Å². The molecule has 1 saturated heterocycles. The second-order valence-corrected chi connectivity index (χ2v) is 6.65. The number of rotatable bonds is 6. The summed E-state index contributed by atoms with van der Waals surface area (Å²) in [5.41, 5.74) is 2.69. The molecule has 0 aromatic heterocycles. The minimum Gasteiger partial charge on any atom is -0.497 e. The molecular weight excluding hydrogens is 344 g/mol. The first-order valence-corrected chi connectivity index (χ1v) is 8.87. The molecule has 0 radical (unpaired) electrons. The minimum atomic E-state index is -0.381. The summed E-state index contributed by atoms with van der Waals surface area (Å²) in [6, 6.07) is 13.2. The molecule has 1 fully saturated rings. The van der Waals surface area contributed by atoms with E-state index in [9.17, 15) is 9.59 Å². The van der Waals surface area contributed by atoms with Gasteiger partial charge in [0.25, 0.3) is 0 Å². The Balaban J connectivity index is 1.66. The molecule has 27 heavy (non-hydrogen) atoms. The van der Waals surface area contributed by atoms with Crippen LogP contribution in [0.4, 0.5) is 5.69 Å². The number of amides is 2. The van der Waals surface area contributed by atoms with E-state index in [-0.39, 0.29) is 24.2 Å². The summed E-state index contributed by atoms with van der Waals surface area (Å²) in [5, 5.41) is 2.92. The molecule has 1 aliphatic heterocycles. The lowest BCUT2D eigenvalue weighted by atomic mass is 10.1. The van der Waals surface area contributed by atoms with Crippen molar-refractivity contribution >= 4 is 17.5 Å². The van der Waals surface area contributed by atoms with Crippen molar-refractivity contribution in [3.05, 3.63) is 53.6 Å². The Morgan fingerprint density at radius 2 is 2.00 bits per heavy atom. The molecule has 0 bridgehead atoms. The second kappa shape index (κ2) is 8.12. The van der Waals surface area contributed by atoms with Gasteiger partial charge in [0.05, 0.1) is 25.8 Å². The first-order valence-electron chi connectivity index (χ1n) is 8.87. The number of benzene rings is 2. The van der Waals surface area contributed by atoms with Gasteiger partial charge in [-0.15, -0.1) is 0 Å². The third-order valence-electron chi connectivity index (χ3n) is 4.72. The lowest BCUT2D eigenvalue weighted by molar-refractivity contribution is -0.126. The number of ether oxygens (including phenoxy) is 2. The molecule has 2 amide bonds. The molecule has 6 nitrogen and oxygen atoms in total. The molecule has 6 heteroatoms. The number of carbonyl (C=O) groups excluding carboxylic acids is 2. The van der Waals surface area contributed by atoms with E-state index in [4.69, 9.17) is 9.47 Å². The highest BCUT2D eigenvalue weighted by molar-refractivity contribution is 6.01. The van der Waals surface area contributed by atoms with E-state index in [1.807, 2.05) is 49.4 Å². The van der Waals surface area contributed by atoms with Crippen molar-refractivity contribution in [1.29, 1.82) is 0 Å². The molecule has 0 aliphatic carbocycles. The van der Waals surface area contributed by atoms with Gasteiger partial charge >= 0.3 is 0 Å². The summed E-state index contributed by atoms with van der Waals surface area (Å²) in [5.74, 6) is 0.802. The fourth-order valence-corrected chi connectivity index (χ4v) is 3.24. The van der Waals surface area contributed by atoms with Crippen LogP contribution in [-0.2, 0) is 16.1 Å². The largest absolute Gasteiger partial charge is 0.497 e. The van der Waals surface area contributed by atoms with Crippen molar-refractivity contribution in [2.75, 3.05) is 25.7 Å². The smallest absolute Gasteiger partial charge is 0.227 e. The van der Waals surface area contributed by atoms with Crippen molar-refractivity contribution in [2.24, 2.45) is 5.92 Å². The van der Waals surface area contributed by atoms with E-state index in [0.717, 1.165) is 16.9 Å². The summed E-state index contributed by atoms with van der Waals surface area (Å²) in [6.45, 7) is 2.71. The van der Waals surface area contributed by atoms with Gasteiger partial charge in [0.1, 0.15) is 11.5 Å². The number of nitrogens with one attached hydrogen (secondary N) is 1. The summed E-state index contributed by atoms with van der Waals surface area (Å²) < 4.78 is 10.6. The van der Waals surface area contributed by atoms with Crippen LogP contribution in [0.2, 0.25) is 0 Å². The molecule has 1 aliphatic rings. The zero-order chi connectivity index (χ0) is 19.4. The van der Waals surface area contributed by atoms with E-state index in [2.05, 4.69) is 5.32 Å². The zero-order valence-electron chi connectivity index (χ0n) is 15.8. The first kappa shape index (κ1) is 18.8. The fraction of sp³-hybridized carbons (Fsp3) is 0.333. The summed E-state index contributed by atoms with van der Waals surface area (Å²) in [6.07, 6.45) is 0.195.